The van der Waals surface area contributed by atoms with Crippen molar-refractivity contribution in [1.29, 1.82) is 0 Å². The predicted molar refractivity (Wildman–Crippen MR) is 152 cm³/mol. The van der Waals surface area contributed by atoms with Crippen LogP contribution in [0.2, 0.25) is 0 Å². The van der Waals surface area contributed by atoms with Gasteiger partial charge in [-0.3, -0.25) is 34.4 Å². The van der Waals surface area contributed by atoms with Gasteiger partial charge in [0.15, 0.2) is 0 Å². The molecular weight excluding hydrogens is 522 g/mol. The van der Waals surface area contributed by atoms with Gasteiger partial charge in [0.25, 0.3) is 11.2 Å². The third-order valence-electron chi connectivity index (χ3n) is 8.73. The monoisotopic (exact) mass is 549 g/mol. The van der Waals surface area contributed by atoms with Gasteiger partial charge in [-0.1, -0.05) is 50.2 Å². The largest absolute Gasteiger partial charge is 0.297 e. The minimum atomic E-state index is -1.25. The molecule has 10 heteroatoms. The summed E-state index contributed by atoms with van der Waals surface area (Å²) in [7, 11) is 0. The summed E-state index contributed by atoms with van der Waals surface area (Å²) in [6.45, 7) is 5.83. The van der Waals surface area contributed by atoms with E-state index >= 15 is 0 Å². The topological polar surface area (TPSA) is 127 Å². The van der Waals surface area contributed by atoms with Crippen molar-refractivity contribution in [2.75, 3.05) is 4.90 Å². The quantitative estimate of drug-likeness (QED) is 0.232. The van der Waals surface area contributed by atoms with Gasteiger partial charge in [-0.2, -0.15) is 0 Å². The van der Waals surface area contributed by atoms with Crippen LogP contribution in [0.3, 0.4) is 0 Å². The van der Waals surface area contributed by atoms with Crippen molar-refractivity contribution in [3.05, 3.63) is 104 Å². The molecule has 3 aliphatic heterocycles. The van der Waals surface area contributed by atoms with Crippen LogP contribution in [-0.2, 0) is 15.1 Å². The second-order valence-corrected chi connectivity index (χ2v) is 11.5. The van der Waals surface area contributed by atoms with Crippen molar-refractivity contribution in [2.24, 2.45) is 17.8 Å². The number of carbonyl (C=O) groups excluding carboxylic acids is 2. The first-order valence-electron chi connectivity index (χ1n) is 13.7. The van der Waals surface area contributed by atoms with E-state index in [1.165, 1.54) is 12.1 Å². The Morgan fingerprint density at radius 1 is 1.00 bits per heavy atom. The number of nitrogens with one attached hydrogen (secondary N) is 1. The second-order valence-electron chi connectivity index (χ2n) is 11.5. The van der Waals surface area contributed by atoms with Crippen molar-refractivity contribution < 1.29 is 14.5 Å². The normalized spacial score (nSPS) is 24.4. The molecule has 2 fully saturated rings. The minimum absolute atomic E-state index is 0.197. The third kappa shape index (κ3) is 3.28. The standard InChI is InChI=1S/C31H27N5O5/c1-16(2)14-22-25-26(29(39)34(28(25)38)24-15-18(36(40)41)13-12-17(24)3)31(33-22)20-9-5-7-11-23(20)35-27(37)19-8-4-6-10-21(19)32-30(31)35/h4-13,15-16,22,25-26,33H,14H2,1-3H3/t22-,25+,26-,31+/m1/s1. The number of anilines is 1. The third-order valence-corrected chi connectivity index (χ3v) is 8.73. The van der Waals surface area contributed by atoms with Crippen molar-refractivity contribution in [2.45, 2.75) is 38.8 Å². The molecular formula is C31H27N5O5. The molecule has 7 rings (SSSR count). The first-order chi connectivity index (χ1) is 19.6. The predicted octanol–water partition coefficient (Wildman–Crippen LogP) is 3.98. The van der Waals surface area contributed by atoms with Crippen LogP contribution in [0.4, 0.5) is 11.4 Å². The fraction of sp³-hybridized carbons (Fsp3) is 0.290. The van der Waals surface area contributed by atoms with E-state index in [2.05, 4.69) is 19.2 Å². The van der Waals surface area contributed by atoms with E-state index in [-0.39, 0.29) is 22.9 Å². The van der Waals surface area contributed by atoms with Crippen molar-refractivity contribution in [3.8, 4) is 5.69 Å². The lowest BCUT2D eigenvalue weighted by Crippen LogP contribution is -2.50. The van der Waals surface area contributed by atoms with Crippen LogP contribution in [0.15, 0.2) is 71.5 Å². The number of aryl methyl sites for hydroxylation is 1. The molecule has 1 N–H and O–H groups in total. The number of nitro benzene ring substituents is 1. The fourth-order valence-electron chi connectivity index (χ4n) is 7.12. The highest BCUT2D eigenvalue weighted by Gasteiger charge is 2.69. The molecule has 0 bridgehead atoms. The summed E-state index contributed by atoms with van der Waals surface area (Å²) in [5.74, 6) is -1.97. The second kappa shape index (κ2) is 8.65. The van der Waals surface area contributed by atoms with Crippen molar-refractivity contribution >= 4 is 34.1 Å². The lowest BCUT2D eigenvalue weighted by molar-refractivity contribution is -0.384. The Balaban J connectivity index is 1.51. The van der Waals surface area contributed by atoms with E-state index in [0.29, 0.717) is 40.0 Å². The zero-order chi connectivity index (χ0) is 28.8. The molecule has 2 saturated heterocycles. The molecule has 0 unspecified atom stereocenters. The summed E-state index contributed by atoms with van der Waals surface area (Å²) in [6, 6.07) is 18.3. The van der Waals surface area contributed by atoms with E-state index in [9.17, 15) is 24.5 Å². The Labute approximate surface area is 234 Å². The number of benzene rings is 3. The Kier molecular flexibility index (Phi) is 5.33. The van der Waals surface area contributed by atoms with E-state index in [4.69, 9.17) is 4.98 Å². The first kappa shape index (κ1) is 25.3. The zero-order valence-electron chi connectivity index (χ0n) is 22.7. The molecule has 206 valence electrons. The fourth-order valence-corrected chi connectivity index (χ4v) is 7.12. The van der Waals surface area contributed by atoms with E-state index in [1.54, 1.807) is 35.8 Å². The number of fused-ring (bicyclic) bond motifs is 8. The summed E-state index contributed by atoms with van der Waals surface area (Å²) >= 11 is 0. The van der Waals surface area contributed by atoms with Gasteiger partial charge >= 0.3 is 0 Å². The van der Waals surface area contributed by atoms with Crippen LogP contribution in [0, 0.1) is 34.8 Å². The van der Waals surface area contributed by atoms with Gasteiger partial charge in [0.05, 0.1) is 39.0 Å². The molecule has 3 aromatic carbocycles. The molecule has 41 heavy (non-hydrogen) atoms. The summed E-state index contributed by atoms with van der Waals surface area (Å²) in [4.78, 5) is 59.9. The van der Waals surface area contributed by atoms with Crippen LogP contribution in [0.5, 0.6) is 0 Å². The Morgan fingerprint density at radius 2 is 1.73 bits per heavy atom. The number of hydrogen-bond acceptors (Lipinski definition) is 7. The average molecular weight is 550 g/mol. The van der Waals surface area contributed by atoms with E-state index in [1.807, 2.05) is 30.3 Å². The van der Waals surface area contributed by atoms with E-state index in [0.717, 1.165) is 4.90 Å². The van der Waals surface area contributed by atoms with Gasteiger partial charge < -0.3 is 0 Å². The maximum Gasteiger partial charge on any atom is 0.271 e. The molecule has 0 saturated carbocycles. The molecule has 0 radical (unpaired) electrons. The molecule has 4 atom stereocenters. The highest BCUT2D eigenvalue weighted by molar-refractivity contribution is 6.23. The van der Waals surface area contributed by atoms with Gasteiger partial charge in [-0.15, -0.1) is 0 Å². The number of nitrogens with zero attached hydrogens (tertiary/aromatic N) is 4. The number of imide groups is 1. The van der Waals surface area contributed by atoms with Gasteiger partial charge in [-0.05, 0) is 43.0 Å². The van der Waals surface area contributed by atoms with Gasteiger partial charge in [0, 0.05) is 23.7 Å². The summed E-state index contributed by atoms with van der Waals surface area (Å²) in [5.41, 5.74) is 0.913. The Morgan fingerprint density at radius 3 is 2.49 bits per heavy atom. The maximum atomic E-state index is 14.6. The first-order valence-corrected chi connectivity index (χ1v) is 13.7. The Hall–Kier alpha value is -4.70. The summed E-state index contributed by atoms with van der Waals surface area (Å²) < 4.78 is 1.57. The van der Waals surface area contributed by atoms with Crippen LogP contribution < -0.4 is 15.8 Å². The van der Waals surface area contributed by atoms with Crippen LogP contribution in [-0.4, -0.2) is 32.3 Å². The summed E-state index contributed by atoms with van der Waals surface area (Å²) in [5, 5.41) is 15.7. The Bertz CT molecular complexity index is 1880. The number of carbonyl (C=O) groups is 2. The molecule has 4 heterocycles. The average Bonchev–Trinajstić information content (AvgIpc) is 3.52. The highest BCUT2D eigenvalue weighted by atomic mass is 16.6. The molecule has 3 aliphatic rings. The molecule has 4 aromatic rings. The molecule has 1 spiro atoms. The lowest BCUT2D eigenvalue weighted by Gasteiger charge is -2.32. The number of para-hydroxylation sites is 2. The number of aromatic nitrogens is 2. The zero-order valence-corrected chi connectivity index (χ0v) is 22.7. The van der Waals surface area contributed by atoms with Crippen LogP contribution in [0.25, 0.3) is 16.6 Å². The van der Waals surface area contributed by atoms with Gasteiger partial charge in [0.2, 0.25) is 11.8 Å². The van der Waals surface area contributed by atoms with Gasteiger partial charge in [-0.25, -0.2) is 9.88 Å². The van der Waals surface area contributed by atoms with E-state index < -0.39 is 40.2 Å². The highest BCUT2D eigenvalue weighted by Crippen LogP contribution is 2.56. The van der Waals surface area contributed by atoms with Crippen molar-refractivity contribution in [1.82, 2.24) is 14.9 Å². The van der Waals surface area contributed by atoms with Crippen molar-refractivity contribution in [3.63, 3.8) is 0 Å². The molecule has 10 nitrogen and oxygen atoms in total. The van der Waals surface area contributed by atoms with Crippen LogP contribution >= 0.6 is 0 Å². The minimum Gasteiger partial charge on any atom is -0.297 e. The molecule has 0 aliphatic carbocycles. The number of hydrogen-bond donors (Lipinski definition) is 1. The summed E-state index contributed by atoms with van der Waals surface area (Å²) in [6.07, 6.45) is 0.601. The smallest absolute Gasteiger partial charge is 0.271 e. The number of non-ortho nitro benzene ring substituents is 1. The number of amides is 2. The molecule has 1 aromatic heterocycles. The molecule has 2 amide bonds. The van der Waals surface area contributed by atoms with Gasteiger partial charge in [0.1, 0.15) is 11.4 Å². The number of nitro groups is 1. The maximum absolute atomic E-state index is 14.6. The number of rotatable bonds is 4. The van der Waals surface area contributed by atoms with Crippen LogP contribution in [0.1, 0.15) is 37.2 Å². The SMILES string of the molecule is Cc1ccc([N+](=O)[O-])cc1N1C(=O)[C@H]2[C@@H](CC(C)C)N[C@@]3(c4ccccc4-n4c3nc3ccccc3c4=O)[C@H]2C1=O. The lowest BCUT2D eigenvalue weighted by atomic mass is 9.75.